The van der Waals surface area contributed by atoms with E-state index in [2.05, 4.69) is 6.58 Å². The standard InChI is InChI=1S/C25H20FNO5/c1-2-12-31-19-10-8-16(9-11-19)23(28)21-22(17-5-3-6-18(26)14-17)27(25(30)24(21)29)15-20-7-4-13-32-20/h2-11,13-14,22,28H,1,12,15H2/b23-21+. The first-order valence-electron chi connectivity index (χ1n) is 9.90. The van der Waals surface area contributed by atoms with Gasteiger partial charge in [0.15, 0.2) is 0 Å². The Morgan fingerprint density at radius 2 is 1.94 bits per heavy atom. The summed E-state index contributed by atoms with van der Waals surface area (Å²) in [6.45, 7) is 3.90. The van der Waals surface area contributed by atoms with Crippen LogP contribution in [0.3, 0.4) is 0 Å². The SMILES string of the molecule is C=CCOc1ccc(/C(O)=C2\C(=O)C(=O)N(Cc3ccco3)C2c2cccc(F)c2)cc1. The average Bonchev–Trinajstić information content (AvgIpc) is 3.40. The molecule has 1 saturated heterocycles. The van der Waals surface area contributed by atoms with Crippen molar-refractivity contribution in [3.05, 3.63) is 108 Å². The number of ether oxygens (including phenoxy) is 1. The summed E-state index contributed by atoms with van der Waals surface area (Å²) < 4.78 is 24.8. The van der Waals surface area contributed by atoms with Crippen LogP contribution in [0.1, 0.15) is 22.9 Å². The van der Waals surface area contributed by atoms with Gasteiger partial charge in [-0.15, -0.1) is 0 Å². The van der Waals surface area contributed by atoms with Crippen molar-refractivity contribution in [2.24, 2.45) is 0 Å². The summed E-state index contributed by atoms with van der Waals surface area (Å²) in [5, 5.41) is 11.0. The molecule has 32 heavy (non-hydrogen) atoms. The Hall–Kier alpha value is -4.13. The smallest absolute Gasteiger partial charge is 0.296 e. The van der Waals surface area contributed by atoms with E-state index in [4.69, 9.17) is 9.15 Å². The van der Waals surface area contributed by atoms with Crippen LogP contribution in [0.5, 0.6) is 5.75 Å². The predicted octanol–water partition coefficient (Wildman–Crippen LogP) is 4.61. The maximum Gasteiger partial charge on any atom is 0.296 e. The minimum absolute atomic E-state index is 0.0101. The summed E-state index contributed by atoms with van der Waals surface area (Å²) >= 11 is 0. The van der Waals surface area contributed by atoms with Crippen molar-refractivity contribution in [2.75, 3.05) is 6.61 Å². The minimum atomic E-state index is -0.979. The lowest BCUT2D eigenvalue weighted by Gasteiger charge is -2.24. The van der Waals surface area contributed by atoms with Gasteiger partial charge < -0.3 is 19.2 Å². The maximum atomic E-state index is 14.0. The van der Waals surface area contributed by atoms with Gasteiger partial charge in [0.2, 0.25) is 0 Å². The average molecular weight is 433 g/mol. The van der Waals surface area contributed by atoms with Crippen LogP contribution in [-0.2, 0) is 16.1 Å². The first-order chi connectivity index (χ1) is 15.5. The maximum absolute atomic E-state index is 14.0. The fraction of sp³-hybridized carbons (Fsp3) is 0.120. The molecule has 0 saturated carbocycles. The van der Waals surface area contributed by atoms with E-state index in [1.165, 1.54) is 29.4 Å². The molecular formula is C25H20FNO5. The lowest BCUT2D eigenvalue weighted by molar-refractivity contribution is -0.140. The highest BCUT2D eigenvalue weighted by Gasteiger charge is 2.46. The molecule has 1 aromatic heterocycles. The molecule has 2 heterocycles. The van der Waals surface area contributed by atoms with E-state index in [0.717, 1.165) is 0 Å². The summed E-state index contributed by atoms with van der Waals surface area (Å²) in [6, 6.07) is 14.4. The van der Waals surface area contributed by atoms with Gasteiger partial charge in [0.25, 0.3) is 11.7 Å². The Morgan fingerprint density at radius 3 is 2.59 bits per heavy atom. The molecule has 6 nitrogen and oxygen atoms in total. The van der Waals surface area contributed by atoms with Crippen molar-refractivity contribution in [1.82, 2.24) is 4.90 Å². The highest BCUT2D eigenvalue weighted by molar-refractivity contribution is 6.46. The monoisotopic (exact) mass is 433 g/mol. The lowest BCUT2D eigenvalue weighted by atomic mass is 9.95. The second-order valence-electron chi connectivity index (χ2n) is 7.19. The van der Waals surface area contributed by atoms with Crippen LogP contribution in [0, 0.1) is 5.82 Å². The van der Waals surface area contributed by atoms with Crippen molar-refractivity contribution in [3.63, 3.8) is 0 Å². The molecule has 1 N–H and O–H groups in total. The van der Waals surface area contributed by atoms with Crippen LogP contribution < -0.4 is 4.74 Å². The van der Waals surface area contributed by atoms with E-state index in [1.54, 1.807) is 48.5 Å². The number of amides is 1. The number of aliphatic hydroxyl groups excluding tert-OH is 1. The number of aliphatic hydroxyl groups is 1. The third-order valence-corrected chi connectivity index (χ3v) is 5.11. The number of ketones is 1. The number of carbonyl (C=O) groups is 2. The number of Topliss-reactive ketones (excluding diaryl/α,β-unsaturated/α-hetero) is 1. The second kappa shape index (κ2) is 8.93. The molecule has 1 unspecified atom stereocenters. The normalized spacial score (nSPS) is 17.5. The molecule has 1 aliphatic rings. The van der Waals surface area contributed by atoms with Gasteiger partial charge in [-0.1, -0.05) is 24.8 Å². The van der Waals surface area contributed by atoms with Crippen molar-refractivity contribution >= 4 is 17.4 Å². The number of halogens is 1. The Bertz CT molecular complexity index is 1180. The minimum Gasteiger partial charge on any atom is -0.507 e. The molecule has 1 aliphatic heterocycles. The van der Waals surface area contributed by atoms with Crippen molar-refractivity contribution in [2.45, 2.75) is 12.6 Å². The molecule has 1 amide bonds. The van der Waals surface area contributed by atoms with Crippen LogP contribution >= 0.6 is 0 Å². The lowest BCUT2D eigenvalue weighted by Crippen LogP contribution is -2.29. The number of nitrogens with zero attached hydrogens (tertiary/aromatic N) is 1. The number of hydrogen-bond donors (Lipinski definition) is 1. The number of rotatable bonds is 7. The first-order valence-corrected chi connectivity index (χ1v) is 9.90. The molecule has 0 spiro atoms. The molecule has 4 rings (SSSR count). The molecule has 1 atom stereocenters. The summed E-state index contributed by atoms with van der Waals surface area (Å²) in [6.07, 6.45) is 3.06. The molecular weight excluding hydrogens is 413 g/mol. The quantitative estimate of drug-likeness (QED) is 0.255. The molecule has 2 aromatic carbocycles. The molecule has 0 radical (unpaired) electrons. The highest BCUT2D eigenvalue weighted by Crippen LogP contribution is 2.40. The number of likely N-dealkylation sites (tertiary alicyclic amines) is 1. The molecule has 1 fully saturated rings. The number of carbonyl (C=O) groups excluding carboxylic acids is 2. The van der Waals surface area contributed by atoms with E-state index in [0.29, 0.717) is 29.2 Å². The Morgan fingerprint density at radius 1 is 1.16 bits per heavy atom. The predicted molar refractivity (Wildman–Crippen MR) is 115 cm³/mol. The molecule has 3 aromatic rings. The van der Waals surface area contributed by atoms with Gasteiger partial charge in [0, 0.05) is 5.56 Å². The van der Waals surface area contributed by atoms with Crippen LogP contribution in [0.15, 0.2) is 89.6 Å². The summed E-state index contributed by atoms with van der Waals surface area (Å²) in [4.78, 5) is 27.1. The molecule has 0 aliphatic carbocycles. The number of furan rings is 1. The molecule has 7 heteroatoms. The fourth-order valence-corrected chi connectivity index (χ4v) is 3.66. The summed E-state index contributed by atoms with van der Waals surface area (Å²) in [5.74, 6) is -1.51. The molecule has 0 bridgehead atoms. The van der Waals surface area contributed by atoms with Gasteiger partial charge in [0.05, 0.1) is 24.4 Å². The van der Waals surface area contributed by atoms with Crippen LogP contribution in [-0.4, -0.2) is 28.3 Å². The second-order valence-corrected chi connectivity index (χ2v) is 7.19. The summed E-state index contributed by atoms with van der Waals surface area (Å²) in [5.41, 5.74) is 0.573. The van der Waals surface area contributed by atoms with Crippen molar-refractivity contribution < 1.29 is 28.2 Å². The zero-order valence-electron chi connectivity index (χ0n) is 17.0. The van der Waals surface area contributed by atoms with Crippen molar-refractivity contribution in [1.29, 1.82) is 0 Å². The van der Waals surface area contributed by atoms with E-state index in [-0.39, 0.29) is 17.9 Å². The van der Waals surface area contributed by atoms with Gasteiger partial charge in [-0.2, -0.15) is 0 Å². The van der Waals surface area contributed by atoms with Gasteiger partial charge in [-0.05, 0) is 54.1 Å². The van der Waals surface area contributed by atoms with Crippen molar-refractivity contribution in [3.8, 4) is 5.75 Å². The number of benzene rings is 2. The molecule has 162 valence electrons. The van der Waals surface area contributed by atoms with E-state index < -0.39 is 23.5 Å². The third kappa shape index (κ3) is 4.05. The van der Waals surface area contributed by atoms with Crippen LogP contribution in [0.2, 0.25) is 0 Å². The zero-order valence-corrected chi connectivity index (χ0v) is 17.0. The van der Waals surface area contributed by atoms with Crippen LogP contribution in [0.4, 0.5) is 4.39 Å². The van der Waals surface area contributed by atoms with Gasteiger partial charge >= 0.3 is 0 Å². The fourth-order valence-electron chi connectivity index (χ4n) is 3.66. The Labute approximate surface area is 183 Å². The van der Waals surface area contributed by atoms with E-state index in [9.17, 15) is 19.1 Å². The van der Waals surface area contributed by atoms with Gasteiger partial charge in [0.1, 0.15) is 29.7 Å². The zero-order chi connectivity index (χ0) is 22.7. The van der Waals surface area contributed by atoms with Gasteiger partial charge in [-0.3, -0.25) is 9.59 Å². The van der Waals surface area contributed by atoms with E-state index >= 15 is 0 Å². The first kappa shape index (κ1) is 21.1. The number of hydrogen-bond acceptors (Lipinski definition) is 5. The topological polar surface area (TPSA) is 80.0 Å². The highest BCUT2D eigenvalue weighted by atomic mass is 19.1. The third-order valence-electron chi connectivity index (χ3n) is 5.11. The van der Waals surface area contributed by atoms with Gasteiger partial charge in [-0.25, -0.2) is 4.39 Å². The van der Waals surface area contributed by atoms with Crippen LogP contribution in [0.25, 0.3) is 5.76 Å². The Kier molecular flexibility index (Phi) is 5.89. The summed E-state index contributed by atoms with van der Waals surface area (Å²) in [7, 11) is 0. The Balaban J connectivity index is 1.79. The largest absolute Gasteiger partial charge is 0.507 e. The van der Waals surface area contributed by atoms with E-state index in [1.807, 2.05) is 0 Å².